The Hall–Kier alpha value is -3.06. The normalized spacial score (nSPS) is 16.1. The summed E-state index contributed by atoms with van der Waals surface area (Å²) in [5.74, 6) is -0.400. The van der Waals surface area contributed by atoms with Gasteiger partial charge in [-0.05, 0) is 35.6 Å². The van der Waals surface area contributed by atoms with E-state index in [1.54, 1.807) is 29.2 Å². The number of carbonyl (C=O) groups excluding carboxylic acids is 2. The summed E-state index contributed by atoms with van der Waals surface area (Å²) in [7, 11) is 0. The number of anilines is 1. The molecule has 1 aromatic heterocycles. The Bertz CT molecular complexity index is 1020. The maximum absolute atomic E-state index is 12.6. The summed E-state index contributed by atoms with van der Waals surface area (Å²) in [5.41, 5.74) is 3.06. The van der Waals surface area contributed by atoms with E-state index in [9.17, 15) is 9.59 Å². The fourth-order valence-corrected chi connectivity index (χ4v) is 4.05. The number of nitrogens with one attached hydrogen (secondary N) is 1. The van der Waals surface area contributed by atoms with Crippen molar-refractivity contribution in [3.63, 3.8) is 0 Å². The first-order valence-electron chi connectivity index (χ1n) is 9.88. The lowest BCUT2D eigenvalue weighted by molar-refractivity contribution is -0.126. The Morgan fingerprint density at radius 3 is 2.73 bits per heavy atom. The fraction of sp³-hybridized carbons (Fsp3) is 0.261. The summed E-state index contributed by atoms with van der Waals surface area (Å²) >= 11 is 1.64. The molecular formula is C23H24N4O2S. The number of benzene rings is 2. The van der Waals surface area contributed by atoms with E-state index in [2.05, 4.69) is 22.4 Å². The maximum Gasteiger partial charge on any atom is 0.227 e. The van der Waals surface area contributed by atoms with Crippen LogP contribution in [0.15, 0.2) is 72.1 Å². The van der Waals surface area contributed by atoms with Gasteiger partial charge in [0.1, 0.15) is 0 Å². The van der Waals surface area contributed by atoms with E-state index in [1.807, 2.05) is 53.4 Å². The van der Waals surface area contributed by atoms with E-state index in [1.165, 1.54) is 5.56 Å². The summed E-state index contributed by atoms with van der Waals surface area (Å²) in [6.07, 6.45) is 7.73. The van der Waals surface area contributed by atoms with Gasteiger partial charge in [-0.25, -0.2) is 4.98 Å². The van der Waals surface area contributed by atoms with Crippen molar-refractivity contribution in [3.05, 3.63) is 78.4 Å². The second-order valence-corrected chi connectivity index (χ2v) is 8.26. The van der Waals surface area contributed by atoms with Crippen LogP contribution in [0.5, 0.6) is 0 Å². The van der Waals surface area contributed by atoms with Crippen LogP contribution in [0.4, 0.5) is 5.69 Å². The van der Waals surface area contributed by atoms with Gasteiger partial charge in [-0.1, -0.05) is 30.3 Å². The fourth-order valence-electron chi connectivity index (χ4n) is 3.60. The summed E-state index contributed by atoms with van der Waals surface area (Å²) in [6.45, 7) is 1.65. The average Bonchev–Trinajstić information content (AvgIpc) is 3.42. The highest BCUT2D eigenvalue weighted by Crippen LogP contribution is 2.28. The molecule has 6 nitrogen and oxygen atoms in total. The number of rotatable bonds is 7. The predicted molar refractivity (Wildman–Crippen MR) is 118 cm³/mol. The molecule has 1 atom stereocenters. The van der Waals surface area contributed by atoms with Crippen molar-refractivity contribution >= 4 is 29.3 Å². The van der Waals surface area contributed by atoms with Crippen LogP contribution in [-0.4, -0.2) is 34.2 Å². The van der Waals surface area contributed by atoms with Crippen molar-refractivity contribution in [3.8, 4) is 0 Å². The first-order valence-corrected chi connectivity index (χ1v) is 11.1. The van der Waals surface area contributed by atoms with Crippen molar-refractivity contribution in [1.82, 2.24) is 14.9 Å². The molecule has 1 fully saturated rings. The Morgan fingerprint density at radius 2 is 2.00 bits per heavy atom. The minimum atomic E-state index is -0.323. The Morgan fingerprint density at radius 1 is 1.20 bits per heavy atom. The molecule has 1 saturated heterocycles. The highest BCUT2D eigenvalue weighted by molar-refractivity contribution is 7.98. The molecule has 1 aliphatic rings. The van der Waals surface area contributed by atoms with Gasteiger partial charge in [-0.15, -0.1) is 11.8 Å². The summed E-state index contributed by atoms with van der Waals surface area (Å²) < 4.78 is 2.01. The third-order valence-corrected chi connectivity index (χ3v) is 6.00. The molecule has 7 heteroatoms. The van der Waals surface area contributed by atoms with E-state index in [4.69, 9.17) is 0 Å². The van der Waals surface area contributed by atoms with Crippen molar-refractivity contribution in [2.75, 3.05) is 17.7 Å². The molecule has 0 saturated carbocycles. The largest absolute Gasteiger partial charge is 0.352 e. The van der Waals surface area contributed by atoms with Crippen LogP contribution in [0.2, 0.25) is 0 Å². The first-order chi connectivity index (χ1) is 14.6. The second kappa shape index (κ2) is 9.17. The molecule has 2 amide bonds. The molecule has 1 N–H and O–H groups in total. The van der Waals surface area contributed by atoms with Gasteiger partial charge < -0.3 is 14.8 Å². The topological polar surface area (TPSA) is 67.2 Å². The second-order valence-electron chi connectivity index (χ2n) is 7.38. The molecular weight excluding hydrogens is 396 g/mol. The number of imidazole rings is 1. The van der Waals surface area contributed by atoms with Crippen molar-refractivity contribution in [2.45, 2.75) is 24.4 Å². The van der Waals surface area contributed by atoms with Crippen LogP contribution in [0.25, 0.3) is 0 Å². The van der Waals surface area contributed by atoms with E-state index in [-0.39, 0.29) is 24.2 Å². The molecule has 154 valence electrons. The van der Waals surface area contributed by atoms with Gasteiger partial charge in [0.15, 0.2) is 0 Å². The van der Waals surface area contributed by atoms with Gasteiger partial charge in [0.05, 0.1) is 12.2 Å². The molecule has 2 aromatic carbocycles. The molecule has 2 heterocycles. The zero-order valence-electron chi connectivity index (χ0n) is 16.8. The molecule has 0 aliphatic carbocycles. The Kier molecular flexibility index (Phi) is 6.18. The quantitative estimate of drug-likeness (QED) is 0.596. The lowest BCUT2D eigenvalue weighted by Crippen LogP contribution is -2.32. The number of nitrogens with zero attached hydrogens (tertiary/aromatic N) is 3. The lowest BCUT2D eigenvalue weighted by Gasteiger charge is -2.17. The van der Waals surface area contributed by atoms with Crippen LogP contribution in [0, 0.1) is 5.92 Å². The van der Waals surface area contributed by atoms with E-state index >= 15 is 0 Å². The van der Waals surface area contributed by atoms with Crippen molar-refractivity contribution in [1.29, 1.82) is 0 Å². The highest BCUT2D eigenvalue weighted by Gasteiger charge is 2.35. The summed E-state index contributed by atoms with van der Waals surface area (Å²) in [6, 6.07) is 16.0. The van der Waals surface area contributed by atoms with Gasteiger partial charge in [0.25, 0.3) is 0 Å². The third kappa shape index (κ3) is 4.74. The number of hydrogen-bond donors (Lipinski definition) is 1. The number of hydrogen-bond acceptors (Lipinski definition) is 4. The lowest BCUT2D eigenvalue weighted by atomic mass is 10.1. The number of amides is 2. The van der Waals surface area contributed by atoms with E-state index in [0.717, 1.165) is 22.7 Å². The van der Waals surface area contributed by atoms with E-state index < -0.39 is 0 Å². The summed E-state index contributed by atoms with van der Waals surface area (Å²) in [4.78, 5) is 32.0. The van der Waals surface area contributed by atoms with Gasteiger partial charge >= 0.3 is 0 Å². The number of thioether (sulfide) groups is 1. The summed E-state index contributed by atoms with van der Waals surface area (Å²) in [5, 5.41) is 2.98. The molecule has 30 heavy (non-hydrogen) atoms. The molecule has 1 aliphatic heterocycles. The third-order valence-electron chi connectivity index (χ3n) is 5.27. The number of carbonyl (C=O) groups is 2. The van der Waals surface area contributed by atoms with Crippen LogP contribution >= 0.6 is 11.8 Å². The molecule has 4 rings (SSSR count). The minimum Gasteiger partial charge on any atom is -0.352 e. The monoisotopic (exact) mass is 420 g/mol. The van der Waals surface area contributed by atoms with Crippen LogP contribution in [0.3, 0.4) is 0 Å². The van der Waals surface area contributed by atoms with Crippen molar-refractivity contribution < 1.29 is 9.59 Å². The highest BCUT2D eigenvalue weighted by atomic mass is 32.2. The minimum absolute atomic E-state index is 0.00254. The Balaban J connectivity index is 1.31. The average molecular weight is 421 g/mol. The molecule has 0 bridgehead atoms. The van der Waals surface area contributed by atoms with Gasteiger partial charge in [-0.2, -0.15) is 0 Å². The molecule has 0 radical (unpaired) electrons. The smallest absolute Gasteiger partial charge is 0.227 e. The zero-order chi connectivity index (χ0) is 20.9. The maximum atomic E-state index is 12.6. The van der Waals surface area contributed by atoms with Crippen LogP contribution in [-0.2, 0) is 22.7 Å². The SMILES string of the molecule is CSc1cccc(N2C[C@@H](C(=O)NCc3ccc(Cn4ccnc4)cc3)CC2=O)c1. The molecule has 0 unspecified atom stereocenters. The van der Waals surface area contributed by atoms with Gasteiger partial charge in [-0.3, -0.25) is 9.59 Å². The van der Waals surface area contributed by atoms with Gasteiger partial charge in [0, 0.05) is 49.0 Å². The first kappa shape index (κ1) is 20.2. The van der Waals surface area contributed by atoms with Crippen LogP contribution < -0.4 is 10.2 Å². The predicted octanol–water partition coefficient (Wildman–Crippen LogP) is 3.32. The van der Waals surface area contributed by atoms with E-state index in [0.29, 0.717) is 13.1 Å². The Labute approximate surface area is 180 Å². The molecule has 0 spiro atoms. The molecule has 3 aromatic rings. The zero-order valence-corrected chi connectivity index (χ0v) is 17.6. The van der Waals surface area contributed by atoms with Gasteiger partial charge in [0.2, 0.25) is 11.8 Å². The van der Waals surface area contributed by atoms with Crippen LogP contribution in [0.1, 0.15) is 17.5 Å². The standard InChI is InChI=1S/C23H24N4O2S/c1-30-21-4-2-3-20(12-21)27-15-19(11-22(27)28)23(29)25-13-17-5-7-18(8-6-17)14-26-10-9-24-16-26/h2-10,12,16,19H,11,13-15H2,1H3,(H,25,29)/t19-/m0/s1. The number of aromatic nitrogens is 2. The van der Waals surface area contributed by atoms with Crippen molar-refractivity contribution in [2.24, 2.45) is 5.92 Å².